The molecular weight excluding hydrogens is 216 g/mol. The molecule has 2 aromatic rings. The number of rotatable bonds is 5. The van der Waals surface area contributed by atoms with Crippen molar-refractivity contribution in [2.24, 2.45) is 0 Å². The first kappa shape index (κ1) is 12.0. The molecule has 2 rings (SSSR count). The molecule has 0 radical (unpaired) electrons. The Morgan fingerprint density at radius 1 is 1.41 bits per heavy atom. The van der Waals surface area contributed by atoms with E-state index in [0.29, 0.717) is 6.61 Å². The van der Waals surface area contributed by atoms with E-state index in [9.17, 15) is 0 Å². The predicted molar refractivity (Wildman–Crippen MR) is 65.9 cm³/mol. The van der Waals surface area contributed by atoms with Crippen LogP contribution in [0.2, 0.25) is 0 Å². The Bertz CT molecular complexity index is 480. The van der Waals surface area contributed by atoms with Crippen molar-refractivity contribution in [3.63, 3.8) is 0 Å². The lowest BCUT2D eigenvalue weighted by Gasteiger charge is -2.17. The fourth-order valence-electron chi connectivity index (χ4n) is 1.74. The molecule has 0 saturated heterocycles. The molecule has 2 heterocycles. The molecule has 0 aromatic carbocycles. The van der Waals surface area contributed by atoms with Crippen molar-refractivity contribution in [2.45, 2.75) is 26.0 Å². The number of nitrogens with zero attached hydrogens (tertiary/aromatic N) is 3. The molecule has 1 N–H and O–H groups in total. The molecule has 0 aliphatic rings. The van der Waals surface area contributed by atoms with E-state index in [2.05, 4.69) is 15.4 Å². The van der Waals surface area contributed by atoms with Crippen molar-refractivity contribution < 1.29 is 4.74 Å². The van der Waals surface area contributed by atoms with Gasteiger partial charge in [-0.3, -0.25) is 4.98 Å². The quantitative estimate of drug-likeness (QED) is 0.850. The van der Waals surface area contributed by atoms with Crippen molar-refractivity contribution in [2.75, 3.05) is 13.7 Å². The second kappa shape index (κ2) is 5.25. The highest BCUT2D eigenvalue weighted by Crippen LogP contribution is 2.18. The molecule has 5 nitrogen and oxygen atoms in total. The SMILES string of the molecule is CNC(COC(C)C)c1cnn2ccncc12. The van der Waals surface area contributed by atoms with Crippen LogP contribution in [0.4, 0.5) is 0 Å². The van der Waals surface area contributed by atoms with Crippen LogP contribution in [-0.2, 0) is 4.74 Å². The van der Waals surface area contributed by atoms with E-state index in [-0.39, 0.29) is 12.1 Å². The van der Waals surface area contributed by atoms with Gasteiger partial charge in [-0.2, -0.15) is 5.10 Å². The Labute approximate surface area is 101 Å². The summed E-state index contributed by atoms with van der Waals surface area (Å²) in [6.45, 7) is 4.69. The van der Waals surface area contributed by atoms with Crippen LogP contribution in [-0.4, -0.2) is 34.4 Å². The number of aromatic nitrogens is 3. The zero-order valence-corrected chi connectivity index (χ0v) is 10.4. The van der Waals surface area contributed by atoms with Gasteiger partial charge in [0.2, 0.25) is 0 Å². The Morgan fingerprint density at radius 2 is 2.24 bits per heavy atom. The highest BCUT2D eigenvalue weighted by atomic mass is 16.5. The van der Waals surface area contributed by atoms with Crippen LogP contribution in [0.3, 0.4) is 0 Å². The standard InChI is InChI=1S/C12H18N4O/c1-9(2)17-8-11(13-3)10-6-15-16-5-4-14-7-12(10)16/h4-7,9,11,13H,8H2,1-3H3. The Morgan fingerprint density at radius 3 is 2.94 bits per heavy atom. The highest BCUT2D eigenvalue weighted by molar-refractivity contribution is 5.53. The normalized spacial score (nSPS) is 13.4. The molecule has 2 aromatic heterocycles. The summed E-state index contributed by atoms with van der Waals surface area (Å²) < 4.78 is 7.47. The van der Waals surface area contributed by atoms with Crippen molar-refractivity contribution >= 4 is 5.52 Å². The number of fused-ring (bicyclic) bond motifs is 1. The minimum atomic E-state index is 0.138. The van der Waals surface area contributed by atoms with Gasteiger partial charge < -0.3 is 10.1 Å². The van der Waals surface area contributed by atoms with Gasteiger partial charge in [0, 0.05) is 18.0 Å². The molecule has 1 atom stereocenters. The molecule has 1 unspecified atom stereocenters. The van der Waals surface area contributed by atoms with E-state index in [0.717, 1.165) is 11.1 Å². The summed E-state index contributed by atoms with van der Waals surface area (Å²) in [6.07, 6.45) is 7.48. The van der Waals surface area contributed by atoms with E-state index in [1.165, 1.54) is 0 Å². The average molecular weight is 234 g/mol. The van der Waals surface area contributed by atoms with Crippen LogP contribution in [0.25, 0.3) is 5.52 Å². The molecule has 17 heavy (non-hydrogen) atoms. The van der Waals surface area contributed by atoms with E-state index >= 15 is 0 Å². The second-order valence-corrected chi connectivity index (χ2v) is 4.23. The number of nitrogens with one attached hydrogen (secondary N) is 1. The topological polar surface area (TPSA) is 51.5 Å². The van der Waals surface area contributed by atoms with Crippen LogP contribution in [0, 0.1) is 0 Å². The average Bonchev–Trinajstić information content (AvgIpc) is 2.74. The third kappa shape index (κ3) is 2.62. The van der Waals surface area contributed by atoms with Crippen LogP contribution in [0.1, 0.15) is 25.5 Å². The summed E-state index contributed by atoms with van der Waals surface area (Å²) in [6, 6.07) is 0.138. The first-order valence-electron chi connectivity index (χ1n) is 5.78. The largest absolute Gasteiger partial charge is 0.377 e. The molecule has 0 aliphatic carbocycles. The third-order valence-electron chi connectivity index (χ3n) is 2.67. The monoisotopic (exact) mass is 234 g/mol. The maximum Gasteiger partial charge on any atom is 0.0893 e. The minimum Gasteiger partial charge on any atom is -0.377 e. The van der Waals surface area contributed by atoms with E-state index in [1.54, 1.807) is 6.20 Å². The van der Waals surface area contributed by atoms with Crippen LogP contribution < -0.4 is 5.32 Å². The predicted octanol–water partition coefficient (Wildman–Crippen LogP) is 1.41. The van der Waals surface area contributed by atoms with Gasteiger partial charge in [0.25, 0.3) is 0 Å². The van der Waals surface area contributed by atoms with Gasteiger partial charge in [0.15, 0.2) is 0 Å². The van der Waals surface area contributed by atoms with E-state index < -0.39 is 0 Å². The van der Waals surface area contributed by atoms with Gasteiger partial charge in [0.1, 0.15) is 0 Å². The first-order chi connectivity index (χ1) is 8.22. The van der Waals surface area contributed by atoms with Crippen LogP contribution in [0.5, 0.6) is 0 Å². The van der Waals surface area contributed by atoms with Gasteiger partial charge in [-0.1, -0.05) is 0 Å². The molecule has 5 heteroatoms. The van der Waals surface area contributed by atoms with Gasteiger partial charge in [-0.15, -0.1) is 0 Å². The van der Waals surface area contributed by atoms with Gasteiger partial charge in [-0.05, 0) is 20.9 Å². The Hall–Kier alpha value is -1.46. The van der Waals surface area contributed by atoms with Crippen molar-refractivity contribution in [1.29, 1.82) is 0 Å². The maximum atomic E-state index is 5.65. The zero-order valence-electron chi connectivity index (χ0n) is 10.4. The molecule has 92 valence electrons. The summed E-state index contributed by atoms with van der Waals surface area (Å²) in [7, 11) is 1.92. The van der Waals surface area contributed by atoms with Crippen LogP contribution >= 0.6 is 0 Å². The number of likely N-dealkylation sites (N-methyl/N-ethyl adjacent to an activating group) is 1. The van der Waals surface area contributed by atoms with E-state index in [4.69, 9.17) is 4.74 Å². The number of hydrogen-bond donors (Lipinski definition) is 1. The molecule has 0 fully saturated rings. The van der Waals surface area contributed by atoms with E-state index in [1.807, 2.05) is 44.0 Å². The Kier molecular flexibility index (Phi) is 3.71. The lowest BCUT2D eigenvalue weighted by atomic mass is 10.1. The molecule has 0 bridgehead atoms. The first-order valence-corrected chi connectivity index (χ1v) is 5.78. The zero-order chi connectivity index (χ0) is 12.3. The van der Waals surface area contributed by atoms with Crippen molar-refractivity contribution in [1.82, 2.24) is 19.9 Å². The second-order valence-electron chi connectivity index (χ2n) is 4.23. The van der Waals surface area contributed by atoms with Crippen molar-refractivity contribution in [3.8, 4) is 0 Å². The summed E-state index contributed by atoms with van der Waals surface area (Å²) in [5.41, 5.74) is 2.13. The lowest BCUT2D eigenvalue weighted by Crippen LogP contribution is -2.23. The van der Waals surface area contributed by atoms with Gasteiger partial charge in [-0.25, -0.2) is 4.52 Å². The van der Waals surface area contributed by atoms with Crippen molar-refractivity contribution in [3.05, 3.63) is 30.4 Å². The fraction of sp³-hybridized carbons (Fsp3) is 0.500. The van der Waals surface area contributed by atoms with Gasteiger partial charge >= 0.3 is 0 Å². The smallest absolute Gasteiger partial charge is 0.0893 e. The molecule has 0 spiro atoms. The number of hydrogen-bond acceptors (Lipinski definition) is 4. The summed E-state index contributed by atoms with van der Waals surface area (Å²) in [4.78, 5) is 4.13. The fourth-order valence-corrected chi connectivity index (χ4v) is 1.74. The molecule has 0 saturated carbocycles. The third-order valence-corrected chi connectivity index (χ3v) is 2.67. The summed E-state index contributed by atoms with van der Waals surface area (Å²) >= 11 is 0. The summed E-state index contributed by atoms with van der Waals surface area (Å²) in [5.74, 6) is 0. The van der Waals surface area contributed by atoms with Gasteiger partial charge in [0.05, 0.1) is 36.7 Å². The summed E-state index contributed by atoms with van der Waals surface area (Å²) in [5, 5.41) is 7.54. The minimum absolute atomic E-state index is 0.138. The maximum absolute atomic E-state index is 5.65. The molecule has 0 aliphatic heterocycles. The number of ether oxygens (including phenoxy) is 1. The lowest BCUT2D eigenvalue weighted by molar-refractivity contribution is 0.0628. The van der Waals surface area contributed by atoms with Crippen LogP contribution in [0.15, 0.2) is 24.8 Å². The molecule has 0 amide bonds. The highest BCUT2D eigenvalue weighted by Gasteiger charge is 2.15. The Balaban J connectivity index is 2.24. The molecular formula is C12H18N4O.